The van der Waals surface area contributed by atoms with E-state index in [0.29, 0.717) is 25.8 Å². The molecule has 2 aromatic carbocycles. The Morgan fingerprint density at radius 1 is 0.950 bits per heavy atom. The van der Waals surface area contributed by atoms with Gasteiger partial charge in [0.05, 0.1) is 22.6 Å². The van der Waals surface area contributed by atoms with Gasteiger partial charge in [0.1, 0.15) is 0 Å². The number of anilines is 1. The van der Waals surface area contributed by atoms with Gasteiger partial charge in [0.25, 0.3) is 11.8 Å². The van der Waals surface area contributed by atoms with Gasteiger partial charge in [0.15, 0.2) is 0 Å². The van der Waals surface area contributed by atoms with Gasteiger partial charge >= 0.3 is 6.18 Å². The zero-order valence-electron chi connectivity index (χ0n) is 21.8. The van der Waals surface area contributed by atoms with Crippen molar-refractivity contribution in [1.82, 2.24) is 16.0 Å². The summed E-state index contributed by atoms with van der Waals surface area (Å²) in [4.78, 5) is 38.0. The lowest BCUT2D eigenvalue weighted by molar-refractivity contribution is -0.137. The number of carbonyl (C=O) groups is 3. The molecule has 1 saturated carbocycles. The predicted octanol–water partition coefficient (Wildman–Crippen LogP) is 2.76. The van der Waals surface area contributed by atoms with Gasteiger partial charge in [-0.15, -0.1) is 0 Å². The average Bonchev–Trinajstić information content (AvgIpc) is 2.90. The summed E-state index contributed by atoms with van der Waals surface area (Å²) in [6.45, 7) is 1.83. The summed E-state index contributed by atoms with van der Waals surface area (Å²) in [7, 11) is -3.90. The van der Waals surface area contributed by atoms with E-state index < -0.39 is 58.1 Å². The number of hydrogen-bond acceptors (Lipinski definition) is 6. The summed E-state index contributed by atoms with van der Waals surface area (Å²) >= 11 is 0. The Kier molecular flexibility index (Phi) is 10.1. The van der Waals surface area contributed by atoms with Gasteiger partial charge < -0.3 is 21.3 Å². The zero-order chi connectivity index (χ0) is 29.5. The maximum absolute atomic E-state index is 13.2. The Morgan fingerprint density at radius 3 is 2.15 bits per heavy atom. The van der Waals surface area contributed by atoms with Crippen LogP contribution in [-0.2, 0) is 21.0 Å². The van der Waals surface area contributed by atoms with Gasteiger partial charge in [-0.2, -0.15) is 13.2 Å². The molecular weight excluding hydrogens is 551 g/mol. The van der Waals surface area contributed by atoms with Crippen molar-refractivity contribution in [3.05, 3.63) is 59.2 Å². The minimum absolute atomic E-state index is 0.132. The minimum Gasteiger partial charge on any atom is -0.384 e. The van der Waals surface area contributed by atoms with Crippen LogP contribution in [0.15, 0.2) is 47.4 Å². The third-order valence-corrected chi connectivity index (χ3v) is 7.37. The molecule has 218 valence electrons. The van der Waals surface area contributed by atoms with Crippen molar-refractivity contribution >= 4 is 33.4 Å². The smallest absolute Gasteiger partial charge is 0.384 e. The van der Waals surface area contributed by atoms with E-state index in [9.17, 15) is 36.0 Å². The number of nitrogens with two attached hydrogens (primary N) is 1. The van der Waals surface area contributed by atoms with Crippen molar-refractivity contribution in [2.45, 2.75) is 62.2 Å². The van der Waals surface area contributed by atoms with E-state index in [0.717, 1.165) is 25.0 Å². The van der Waals surface area contributed by atoms with Gasteiger partial charge in [0, 0.05) is 29.9 Å². The van der Waals surface area contributed by atoms with Crippen molar-refractivity contribution in [1.29, 1.82) is 0 Å². The lowest BCUT2D eigenvalue weighted by Crippen LogP contribution is -2.54. The van der Waals surface area contributed by atoms with Crippen molar-refractivity contribution in [3.63, 3.8) is 0 Å². The largest absolute Gasteiger partial charge is 0.416 e. The summed E-state index contributed by atoms with van der Waals surface area (Å²) in [5.41, 5.74) is -0.777. The van der Waals surface area contributed by atoms with Crippen molar-refractivity contribution in [3.8, 4) is 0 Å². The van der Waals surface area contributed by atoms with Crippen molar-refractivity contribution in [2.24, 2.45) is 5.14 Å². The molecule has 0 saturated heterocycles. The van der Waals surface area contributed by atoms with Crippen LogP contribution in [0.1, 0.15) is 65.3 Å². The first-order valence-electron chi connectivity index (χ1n) is 12.8. The molecule has 6 N–H and O–H groups in total. The molecule has 0 spiro atoms. The van der Waals surface area contributed by atoms with Crippen LogP contribution in [0, 0.1) is 0 Å². The number of alkyl halides is 3. The summed E-state index contributed by atoms with van der Waals surface area (Å²) in [6.07, 6.45) is -1.21. The standard InChI is InChI=1S/C26H32F3N5O5S/c1-2-13-31-20-12-9-17(26(27,28)29)14-19(20)25(37)32-15-23(35)33-21-5-3-4-6-22(21)34-24(36)16-7-10-18(11-8-16)40(30,38)39/h7-12,14,21-22,31H,2-6,13,15H2,1H3,(H,32,37)(H,33,35)(H,34,36)(H2,30,38,39). The number of primary sulfonamides is 1. The summed E-state index contributed by atoms with van der Waals surface area (Å²) < 4.78 is 62.5. The Morgan fingerprint density at radius 2 is 1.57 bits per heavy atom. The van der Waals surface area contributed by atoms with Crippen LogP contribution < -0.4 is 26.4 Å². The van der Waals surface area contributed by atoms with Gasteiger partial charge in [-0.1, -0.05) is 19.8 Å². The number of rotatable bonds is 10. The van der Waals surface area contributed by atoms with Gasteiger partial charge in [-0.25, -0.2) is 13.6 Å². The molecule has 0 bridgehead atoms. The first-order valence-corrected chi connectivity index (χ1v) is 14.3. The number of hydrogen-bond donors (Lipinski definition) is 5. The van der Waals surface area contributed by atoms with Crippen LogP contribution in [0.2, 0.25) is 0 Å². The minimum atomic E-state index is -4.64. The highest BCUT2D eigenvalue weighted by atomic mass is 32.2. The molecule has 0 aliphatic heterocycles. The topological polar surface area (TPSA) is 159 Å². The number of sulfonamides is 1. The summed E-state index contributed by atoms with van der Waals surface area (Å²) in [5.74, 6) is -1.86. The number of nitrogens with one attached hydrogen (secondary N) is 4. The first kappa shape index (κ1) is 30.9. The Labute approximate surface area is 230 Å². The molecule has 2 aromatic rings. The van der Waals surface area contributed by atoms with Crippen LogP contribution in [0.3, 0.4) is 0 Å². The van der Waals surface area contributed by atoms with E-state index in [1.165, 1.54) is 30.3 Å². The first-order chi connectivity index (χ1) is 18.8. The quantitative estimate of drug-likeness (QED) is 0.289. The highest BCUT2D eigenvalue weighted by molar-refractivity contribution is 7.89. The Hall–Kier alpha value is -3.65. The third kappa shape index (κ3) is 8.42. The Bertz CT molecular complexity index is 1330. The third-order valence-electron chi connectivity index (χ3n) is 6.44. The molecule has 2 atom stereocenters. The molecule has 40 heavy (non-hydrogen) atoms. The molecule has 1 aliphatic carbocycles. The second-order valence-corrected chi connectivity index (χ2v) is 11.0. The fourth-order valence-electron chi connectivity index (χ4n) is 4.36. The van der Waals surface area contributed by atoms with Crippen molar-refractivity contribution in [2.75, 3.05) is 18.4 Å². The van der Waals surface area contributed by atoms with Gasteiger partial charge in [-0.05, 0) is 61.7 Å². The second-order valence-electron chi connectivity index (χ2n) is 9.48. The predicted molar refractivity (Wildman–Crippen MR) is 142 cm³/mol. The molecule has 10 nitrogen and oxygen atoms in total. The number of carbonyl (C=O) groups excluding carboxylic acids is 3. The molecule has 3 amide bonds. The zero-order valence-corrected chi connectivity index (χ0v) is 22.6. The van der Waals surface area contributed by atoms with Crippen molar-refractivity contribution < 1.29 is 36.0 Å². The highest BCUT2D eigenvalue weighted by Crippen LogP contribution is 2.32. The second kappa shape index (κ2) is 13.1. The van der Waals surface area contributed by atoms with E-state index in [1.54, 1.807) is 0 Å². The lowest BCUT2D eigenvalue weighted by atomic mass is 9.90. The van der Waals surface area contributed by atoms with Crippen LogP contribution in [0.4, 0.5) is 18.9 Å². The van der Waals surface area contributed by atoms with Gasteiger partial charge in [0.2, 0.25) is 15.9 Å². The monoisotopic (exact) mass is 583 g/mol. The SMILES string of the molecule is CCCNc1ccc(C(F)(F)F)cc1C(=O)NCC(=O)NC1CCCCC1NC(=O)c1ccc(S(N)(=O)=O)cc1. The molecule has 2 unspecified atom stereocenters. The van der Waals surface area contributed by atoms with E-state index >= 15 is 0 Å². The molecule has 0 radical (unpaired) electrons. The number of amides is 3. The molecule has 3 rings (SSSR count). The fraction of sp³-hybridized carbons (Fsp3) is 0.423. The molecule has 1 fully saturated rings. The van der Waals surface area contributed by atoms with E-state index in [-0.39, 0.29) is 21.7 Å². The summed E-state index contributed by atoms with van der Waals surface area (Å²) in [6, 6.07) is 7.05. The number of halogens is 3. The van der Waals surface area contributed by atoms with E-state index in [4.69, 9.17) is 5.14 Å². The van der Waals surface area contributed by atoms with Crippen LogP contribution in [0.25, 0.3) is 0 Å². The molecule has 1 aliphatic rings. The normalized spacial score (nSPS) is 17.5. The summed E-state index contributed by atoms with van der Waals surface area (Å²) in [5, 5.41) is 16.0. The maximum Gasteiger partial charge on any atom is 0.416 e. The molecule has 0 heterocycles. The molecule has 0 aromatic heterocycles. The highest BCUT2D eigenvalue weighted by Gasteiger charge is 2.32. The maximum atomic E-state index is 13.2. The van der Waals surface area contributed by atoms with E-state index in [1.807, 2.05) is 6.92 Å². The van der Waals surface area contributed by atoms with Crippen LogP contribution >= 0.6 is 0 Å². The van der Waals surface area contributed by atoms with Gasteiger partial charge in [-0.3, -0.25) is 14.4 Å². The number of benzene rings is 2. The Balaban J connectivity index is 1.62. The fourth-order valence-corrected chi connectivity index (χ4v) is 4.88. The van der Waals surface area contributed by atoms with Crippen LogP contribution in [-0.4, -0.2) is 51.3 Å². The average molecular weight is 584 g/mol. The molecular formula is C26H32F3N5O5S. The lowest BCUT2D eigenvalue weighted by Gasteiger charge is -2.33. The van der Waals surface area contributed by atoms with E-state index in [2.05, 4.69) is 21.3 Å². The molecule has 14 heteroatoms. The van der Waals surface area contributed by atoms with Crippen LogP contribution in [0.5, 0.6) is 0 Å².